The number of rotatable bonds is 7. The van der Waals surface area contributed by atoms with E-state index in [1.807, 2.05) is 61.5 Å². The second-order valence-corrected chi connectivity index (χ2v) is 10.8. The molecular formula is C29H37N3O3. The van der Waals surface area contributed by atoms with Crippen LogP contribution in [-0.2, 0) is 9.59 Å². The summed E-state index contributed by atoms with van der Waals surface area (Å²) in [5, 5.41) is 5.99. The maximum absolute atomic E-state index is 13.4. The molecule has 2 fully saturated rings. The number of hydrogen-bond donors (Lipinski definition) is 2. The fraction of sp³-hybridized carbons (Fsp3) is 0.483. The zero-order chi connectivity index (χ0) is 25.2. The summed E-state index contributed by atoms with van der Waals surface area (Å²) < 4.78 is 0. The summed E-state index contributed by atoms with van der Waals surface area (Å²) in [5.41, 5.74) is 2.37. The highest BCUT2D eigenvalue weighted by Gasteiger charge is 2.53. The molecule has 1 saturated carbocycles. The van der Waals surface area contributed by atoms with Crippen LogP contribution < -0.4 is 10.6 Å². The van der Waals surface area contributed by atoms with Gasteiger partial charge in [0.05, 0.1) is 6.04 Å². The van der Waals surface area contributed by atoms with Crippen LogP contribution in [0.25, 0.3) is 0 Å². The van der Waals surface area contributed by atoms with Crippen molar-refractivity contribution in [2.75, 3.05) is 6.54 Å². The van der Waals surface area contributed by atoms with Crippen molar-refractivity contribution in [3.63, 3.8) is 0 Å². The molecule has 1 aliphatic heterocycles. The number of hydrogen-bond acceptors (Lipinski definition) is 3. The predicted molar refractivity (Wildman–Crippen MR) is 137 cm³/mol. The molecule has 2 aromatic rings. The van der Waals surface area contributed by atoms with Gasteiger partial charge in [-0.15, -0.1) is 0 Å². The van der Waals surface area contributed by atoms with Crippen molar-refractivity contribution in [3.05, 3.63) is 71.3 Å². The topological polar surface area (TPSA) is 78.5 Å². The lowest BCUT2D eigenvalue weighted by Crippen LogP contribution is -2.51. The van der Waals surface area contributed by atoms with E-state index in [-0.39, 0.29) is 29.8 Å². The molecule has 2 aromatic carbocycles. The molecule has 2 aliphatic rings. The van der Waals surface area contributed by atoms with Crippen molar-refractivity contribution < 1.29 is 14.4 Å². The van der Waals surface area contributed by atoms with Crippen LogP contribution in [0, 0.1) is 18.3 Å². The number of imide groups is 1. The van der Waals surface area contributed by atoms with E-state index < -0.39 is 11.6 Å². The van der Waals surface area contributed by atoms with Crippen LogP contribution >= 0.6 is 0 Å². The Morgan fingerprint density at radius 1 is 1.06 bits per heavy atom. The largest absolute Gasteiger partial charge is 0.344 e. The van der Waals surface area contributed by atoms with E-state index in [4.69, 9.17) is 0 Å². The lowest BCUT2D eigenvalue weighted by Gasteiger charge is -2.42. The van der Waals surface area contributed by atoms with Crippen LogP contribution in [0.2, 0.25) is 0 Å². The van der Waals surface area contributed by atoms with Crippen molar-refractivity contribution in [2.24, 2.45) is 11.3 Å². The number of aryl methyl sites for hydroxylation is 1. The van der Waals surface area contributed by atoms with Crippen LogP contribution in [0.1, 0.15) is 75.6 Å². The van der Waals surface area contributed by atoms with E-state index in [2.05, 4.69) is 31.4 Å². The molecule has 1 spiro atoms. The van der Waals surface area contributed by atoms with E-state index in [1.54, 1.807) is 0 Å². The summed E-state index contributed by atoms with van der Waals surface area (Å²) in [7, 11) is 0. The summed E-state index contributed by atoms with van der Waals surface area (Å²) >= 11 is 0. The third kappa shape index (κ3) is 5.12. The predicted octanol–water partition coefficient (Wildman–Crippen LogP) is 5.12. The zero-order valence-electron chi connectivity index (χ0n) is 21.3. The third-order valence-electron chi connectivity index (χ3n) is 8.25. The molecule has 1 aliphatic carbocycles. The summed E-state index contributed by atoms with van der Waals surface area (Å²) in [4.78, 5) is 40.4. The number of nitrogens with zero attached hydrogens (tertiary/aromatic N) is 1. The first-order chi connectivity index (χ1) is 16.6. The minimum absolute atomic E-state index is 0.218. The minimum Gasteiger partial charge on any atom is -0.344 e. The van der Waals surface area contributed by atoms with Crippen LogP contribution in [0.3, 0.4) is 0 Å². The highest BCUT2D eigenvalue weighted by atomic mass is 16.2. The van der Waals surface area contributed by atoms with Crippen molar-refractivity contribution >= 4 is 17.8 Å². The number of benzene rings is 2. The van der Waals surface area contributed by atoms with E-state index in [0.717, 1.165) is 40.9 Å². The van der Waals surface area contributed by atoms with Gasteiger partial charge < -0.3 is 10.6 Å². The molecule has 6 heteroatoms. The normalized spacial score (nSPS) is 23.3. The molecule has 35 heavy (non-hydrogen) atoms. The Bertz CT molecular complexity index is 1070. The van der Waals surface area contributed by atoms with Gasteiger partial charge in [-0.05, 0) is 55.1 Å². The van der Waals surface area contributed by atoms with Crippen molar-refractivity contribution in [1.82, 2.24) is 15.5 Å². The van der Waals surface area contributed by atoms with Crippen molar-refractivity contribution in [1.29, 1.82) is 0 Å². The Balaban J connectivity index is 1.46. The molecule has 186 valence electrons. The Morgan fingerprint density at radius 2 is 1.66 bits per heavy atom. The highest BCUT2D eigenvalue weighted by molar-refractivity contribution is 6.09. The standard InChI is InChI=1S/C29H37N3O3/c1-5-28(3,4)23-15-17-29(18-16-23)26(34)32(27(35)31-29)19-24(33)30-25(21-9-7-6-8-10-21)22-13-11-20(2)12-14-22/h6-14,23,25H,5,15-19H2,1-4H3,(H,30,33)(H,31,35). The SMILES string of the molecule is CCC(C)(C)C1CCC2(CC1)NC(=O)N(CC(=O)NC(c1ccccc1)c1ccc(C)cc1)C2=O. The number of amides is 4. The summed E-state index contributed by atoms with van der Waals surface area (Å²) in [6.07, 6.45) is 4.13. The molecular weight excluding hydrogens is 438 g/mol. The molecule has 0 radical (unpaired) electrons. The van der Waals surface area contributed by atoms with E-state index >= 15 is 0 Å². The van der Waals surface area contributed by atoms with Gasteiger partial charge in [0.2, 0.25) is 5.91 Å². The molecule has 2 N–H and O–H groups in total. The molecule has 6 nitrogen and oxygen atoms in total. The zero-order valence-corrected chi connectivity index (χ0v) is 21.3. The van der Waals surface area contributed by atoms with Crippen molar-refractivity contribution in [2.45, 2.75) is 71.4 Å². The van der Waals surface area contributed by atoms with Gasteiger partial charge in [0.15, 0.2) is 0 Å². The van der Waals surface area contributed by atoms with E-state index in [1.165, 1.54) is 0 Å². The molecule has 4 amide bonds. The molecule has 0 bridgehead atoms. The molecule has 1 atom stereocenters. The second-order valence-electron chi connectivity index (χ2n) is 10.8. The van der Waals surface area contributed by atoms with Gasteiger partial charge in [-0.2, -0.15) is 0 Å². The summed E-state index contributed by atoms with van der Waals surface area (Å²) in [5.74, 6) is -0.0981. The van der Waals surface area contributed by atoms with Gasteiger partial charge in [0.1, 0.15) is 12.1 Å². The Hall–Kier alpha value is -3.15. The van der Waals surface area contributed by atoms with Gasteiger partial charge >= 0.3 is 6.03 Å². The lowest BCUT2D eigenvalue weighted by molar-refractivity contribution is -0.136. The first-order valence-electron chi connectivity index (χ1n) is 12.7. The van der Waals surface area contributed by atoms with Crippen LogP contribution in [-0.4, -0.2) is 34.8 Å². The van der Waals surface area contributed by atoms with Crippen LogP contribution in [0.4, 0.5) is 4.79 Å². The Labute approximate surface area is 208 Å². The maximum Gasteiger partial charge on any atom is 0.325 e. The number of nitrogens with one attached hydrogen (secondary N) is 2. The quantitative estimate of drug-likeness (QED) is 0.546. The van der Waals surface area contributed by atoms with E-state index in [9.17, 15) is 14.4 Å². The molecule has 0 aromatic heterocycles. The number of carbonyl (C=O) groups excluding carboxylic acids is 3. The first-order valence-corrected chi connectivity index (χ1v) is 12.7. The molecule has 1 heterocycles. The first kappa shape index (κ1) is 25.0. The molecule has 1 unspecified atom stereocenters. The monoisotopic (exact) mass is 475 g/mol. The summed E-state index contributed by atoms with van der Waals surface area (Å²) in [6.45, 7) is 8.49. The third-order valence-corrected chi connectivity index (χ3v) is 8.25. The number of carbonyl (C=O) groups is 3. The Kier molecular flexibility index (Phi) is 7.02. The average Bonchev–Trinajstić information content (AvgIpc) is 3.07. The lowest BCUT2D eigenvalue weighted by atomic mass is 9.65. The molecule has 4 rings (SSSR count). The van der Waals surface area contributed by atoms with Gasteiger partial charge in [-0.3, -0.25) is 14.5 Å². The Morgan fingerprint density at radius 3 is 2.26 bits per heavy atom. The van der Waals surface area contributed by atoms with Crippen LogP contribution in [0.5, 0.6) is 0 Å². The van der Waals surface area contributed by atoms with Gasteiger partial charge in [-0.1, -0.05) is 87.4 Å². The van der Waals surface area contributed by atoms with Crippen molar-refractivity contribution in [3.8, 4) is 0 Å². The van der Waals surface area contributed by atoms with Crippen LogP contribution in [0.15, 0.2) is 54.6 Å². The minimum atomic E-state index is -0.868. The fourth-order valence-electron chi connectivity index (χ4n) is 5.45. The number of urea groups is 1. The smallest absolute Gasteiger partial charge is 0.325 e. The maximum atomic E-state index is 13.4. The highest BCUT2D eigenvalue weighted by Crippen LogP contribution is 2.45. The fourth-order valence-corrected chi connectivity index (χ4v) is 5.45. The molecule has 1 saturated heterocycles. The second kappa shape index (κ2) is 9.84. The summed E-state index contributed by atoms with van der Waals surface area (Å²) in [6, 6.07) is 16.9. The van der Waals surface area contributed by atoms with E-state index in [0.29, 0.717) is 18.8 Å². The van der Waals surface area contributed by atoms with Gasteiger partial charge in [0.25, 0.3) is 5.91 Å². The van der Waals surface area contributed by atoms with Gasteiger partial charge in [-0.25, -0.2) is 4.79 Å². The van der Waals surface area contributed by atoms with Gasteiger partial charge in [0, 0.05) is 0 Å². The average molecular weight is 476 g/mol.